The van der Waals surface area contributed by atoms with Crippen LogP contribution in [-0.4, -0.2) is 8.07 Å². The van der Waals surface area contributed by atoms with Crippen LogP contribution in [0.3, 0.4) is 0 Å². The van der Waals surface area contributed by atoms with E-state index in [1.54, 1.807) is 21.5 Å². The van der Waals surface area contributed by atoms with Crippen LogP contribution in [0.2, 0.25) is 13.1 Å². The van der Waals surface area contributed by atoms with Gasteiger partial charge in [0.15, 0.2) is 0 Å². The summed E-state index contributed by atoms with van der Waals surface area (Å²) in [6.45, 7) is 9.74. The fourth-order valence-electron chi connectivity index (χ4n) is 4.90. The van der Waals surface area contributed by atoms with Gasteiger partial charge in [-0.3, -0.25) is 0 Å². The Kier molecular flexibility index (Phi) is 3.00. The second-order valence-electron chi connectivity index (χ2n) is 8.23. The Labute approximate surface area is 151 Å². The van der Waals surface area contributed by atoms with Crippen LogP contribution in [0, 0.1) is 12.3 Å². The van der Waals surface area contributed by atoms with Crippen molar-refractivity contribution in [1.29, 1.82) is 0 Å². The zero-order chi connectivity index (χ0) is 17.3. The van der Waals surface area contributed by atoms with Gasteiger partial charge in [-0.1, -0.05) is 87.1 Å². The summed E-state index contributed by atoms with van der Waals surface area (Å²) in [6, 6.07) is 20.3. The zero-order valence-electron chi connectivity index (χ0n) is 15.4. The molecule has 0 fully saturated rings. The molecule has 0 unspecified atom stereocenters. The monoisotopic (exact) mass is 339 g/mol. The topological polar surface area (TPSA) is 0 Å². The first-order valence-electron chi connectivity index (χ1n) is 9.25. The van der Waals surface area contributed by atoms with Gasteiger partial charge in [-0.05, 0) is 49.3 Å². The first kappa shape index (κ1) is 15.2. The predicted molar refractivity (Wildman–Crippen MR) is 112 cm³/mol. The average Bonchev–Trinajstić information content (AvgIpc) is 3.07. The highest BCUT2D eigenvalue weighted by molar-refractivity contribution is 7.07. The molecule has 5 rings (SSSR count). The maximum Gasteiger partial charge on any atom is 0.113 e. The maximum absolute atomic E-state index is 2.53. The molecule has 0 saturated heterocycles. The van der Waals surface area contributed by atoms with Gasteiger partial charge in [-0.25, -0.2) is 0 Å². The predicted octanol–water partition coefficient (Wildman–Crippen LogP) is 5.95. The highest BCUT2D eigenvalue weighted by atomic mass is 28.3. The van der Waals surface area contributed by atoms with Gasteiger partial charge < -0.3 is 0 Å². The van der Waals surface area contributed by atoms with Crippen LogP contribution in [0.4, 0.5) is 0 Å². The Hall–Kier alpha value is -2.12. The molecule has 1 heterocycles. The average molecular weight is 340 g/mol. The molecule has 2 bridgehead atoms. The summed E-state index contributed by atoms with van der Waals surface area (Å²) in [6.07, 6.45) is 2.46. The minimum Gasteiger partial charge on any atom is -0.0616 e. The van der Waals surface area contributed by atoms with E-state index in [9.17, 15) is 0 Å². The van der Waals surface area contributed by atoms with Gasteiger partial charge in [0.1, 0.15) is 8.07 Å². The van der Waals surface area contributed by atoms with Crippen molar-refractivity contribution in [3.63, 3.8) is 0 Å². The SMILES string of the molecule is CC(C)C1=C2c3c(ccc(c3-c3cccc4ccccc34)[Si]2(C)C)[CH]1. The molecule has 0 nitrogen and oxygen atoms in total. The van der Waals surface area contributed by atoms with Crippen molar-refractivity contribution < 1.29 is 0 Å². The molecule has 25 heavy (non-hydrogen) atoms. The maximum atomic E-state index is 2.53. The number of rotatable bonds is 2. The number of hydrogen-bond acceptors (Lipinski definition) is 0. The van der Waals surface area contributed by atoms with Crippen LogP contribution in [0.1, 0.15) is 25.0 Å². The van der Waals surface area contributed by atoms with E-state index >= 15 is 0 Å². The van der Waals surface area contributed by atoms with Crippen molar-refractivity contribution >= 4 is 29.2 Å². The lowest BCUT2D eigenvalue weighted by atomic mass is 9.93. The Morgan fingerprint density at radius 2 is 1.56 bits per heavy atom. The second-order valence-corrected chi connectivity index (χ2v) is 12.5. The molecule has 0 N–H and O–H groups in total. The number of fused-ring (bicyclic) bond motifs is 2. The molecule has 0 spiro atoms. The summed E-state index contributed by atoms with van der Waals surface area (Å²) in [4.78, 5) is 0. The van der Waals surface area contributed by atoms with Crippen molar-refractivity contribution in [1.82, 2.24) is 0 Å². The summed E-state index contributed by atoms with van der Waals surface area (Å²) >= 11 is 0. The molecule has 2 aliphatic rings. The van der Waals surface area contributed by atoms with E-state index in [-0.39, 0.29) is 0 Å². The zero-order valence-corrected chi connectivity index (χ0v) is 16.4. The molecular weight excluding hydrogens is 316 g/mol. The van der Waals surface area contributed by atoms with Crippen LogP contribution in [0.25, 0.3) is 27.1 Å². The van der Waals surface area contributed by atoms with E-state index < -0.39 is 8.07 Å². The molecule has 1 heteroatoms. The summed E-state index contributed by atoms with van der Waals surface area (Å²) in [5, 5.41) is 6.02. The van der Waals surface area contributed by atoms with E-state index in [0.717, 1.165) is 0 Å². The van der Waals surface area contributed by atoms with Crippen molar-refractivity contribution in [2.45, 2.75) is 26.9 Å². The Morgan fingerprint density at radius 3 is 2.36 bits per heavy atom. The summed E-state index contributed by atoms with van der Waals surface area (Å²) in [5.74, 6) is 0.592. The fourth-order valence-corrected chi connectivity index (χ4v) is 8.53. The molecule has 3 aromatic rings. The van der Waals surface area contributed by atoms with Gasteiger partial charge in [0.2, 0.25) is 0 Å². The van der Waals surface area contributed by atoms with Crippen molar-refractivity contribution in [2.24, 2.45) is 5.92 Å². The van der Waals surface area contributed by atoms with Crippen molar-refractivity contribution in [2.75, 3.05) is 0 Å². The molecule has 0 saturated carbocycles. The summed E-state index contributed by atoms with van der Waals surface area (Å²) in [5.41, 5.74) is 7.50. The molecule has 3 aromatic carbocycles. The minimum absolute atomic E-state index is 0.592. The third kappa shape index (κ3) is 1.88. The van der Waals surface area contributed by atoms with Gasteiger partial charge in [-0.2, -0.15) is 0 Å². The third-order valence-corrected chi connectivity index (χ3v) is 9.62. The lowest BCUT2D eigenvalue weighted by Gasteiger charge is -2.23. The van der Waals surface area contributed by atoms with E-state index in [1.807, 2.05) is 0 Å². The molecule has 1 radical (unpaired) electrons. The van der Waals surface area contributed by atoms with Crippen LogP contribution < -0.4 is 5.19 Å². The smallest absolute Gasteiger partial charge is 0.0616 e. The third-order valence-electron chi connectivity index (χ3n) is 6.07. The van der Waals surface area contributed by atoms with Gasteiger partial charge in [0.25, 0.3) is 0 Å². The Morgan fingerprint density at radius 1 is 0.800 bits per heavy atom. The van der Waals surface area contributed by atoms with Gasteiger partial charge in [0, 0.05) is 6.42 Å². The fraction of sp³-hybridized carbons (Fsp3) is 0.208. The molecule has 1 aliphatic carbocycles. The van der Waals surface area contributed by atoms with Crippen LogP contribution >= 0.6 is 0 Å². The summed E-state index contributed by atoms with van der Waals surface area (Å²) in [7, 11) is -1.63. The second kappa shape index (κ2) is 4.95. The molecule has 1 aliphatic heterocycles. The van der Waals surface area contributed by atoms with Gasteiger partial charge in [-0.15, -0.1) is 0 Å². The van der Waals surface area contributed by atoms with E-state index in [2.05, 4.69) is 88.0 Å². The Balaban J connectivity index is 1.91. The van der Waals surface area contributed by atoms with Crippen LogP contribution in [0.5, 0.6) is 0 Å². The van der Waals surface area contributed by atoms with Crippen molar-refractivity contribution in [3.05, 3.63) is 77.7 Å². The van der Waals surface area contributed by atoms with Gasteiger partial charge in [0.05, 0.1) is 0 Å². The van der Waals surface area contributed by atoms with Gasteiger partial charge >= 0.3 is 0 Å². The highest BCUT2D eigenvalue weighted by Crippen LogP contribution is 2.52. The Bertz CT molecular complexity index is 1060. The number of benzene rings is 3. The lowest BCUT2D eigenvalue weighted by molar-refractivity contribution is 0.788. The van der Waals surface area contributed by atoms with E-state index in [1.165, 1.54) is 27.5 Å². The highest BCUT2D eigenvalue weighted by Gasteiger charge is 2.46. The first-order chi connectivity index (χ1) is 12.0. The molecule has 0 amide bonds. The molecule has 0 atom stereocenters. The first-order valence-corrected chi connectivity index (χ1v) is 12.3. The molecule has 0 aromatic heterocycles. The number of hydrogen-bond donors (Lipinski definition) is 0. The molecule has 123 valence electrons. The number of allylic oxidation sites excluding steroid dienone is 1. The summed E-state index contributed by atoms with van der Waals surface area (Å²) < 4.78 is 0. The van der Waals surface area contributed by atoms with E-state index in [0.29, 0.717) is 5.92 Å². The van der Waals surface area contributed by atoms with Crippen LogP contribution in [0.15, 0.2) is 60.2 Å². The van der Waals surface area contributed by atoms with E-state index in [4.69, 9.17) is 0 Å². The quantitative estimate of drug-likeness (QED) is 0.506. The van der Waals surface area contributed by atoms with Crippen molar-refractivity contribution in [3.8, 4) is 11.1 Å². The normalized spacial score (nSPS) is 17.2. The standard InChI is InChI=1S/C24H23Si/c1-15(2)20-14-17-12-13-21-23(22(17)24(20)25(21,3)4)19-11-7-9-16-8-5-6-10-18(16)19/h5-15H,1-4H3. The molecular formula is C24H23Si. The van der Waals surface area contributed by atoms with Crippen LogP contribution in [-0.2, 0) is 0 Å². The lowest BCUT2D eigenvalue weighted by Crippen LogP contribution is -2.39. The minimum atomic E-state index is -1.63. The largest absolute Gasteiger partial charge is 0.113 e.